The van der Waals surface area contributed by atoms with Crippen molar-refractivity contribution in [2.75, 3.05) is 6.79 Å². The highest BCUT2D eigenvalue weighted by atomic mass is 19.4. The third-order valence-corrected chi connectivity index (χ3v) is 7.16. The van der Waals surface area contributed by atoms with E-state index >= 15 is 0 Å². The molecule has 5 aliphatic rings. The predicted octanol–water partition coefficient (Wildman–Crippen LogP) is 4.56. The fraction of sp³-hybridized carbons (Fsp3) is 0.619. The van der Waals surface area contributed by atoms with Gasteiger partial charge in [0.1, 0.15) is 0 Å². The molecular formula is C21H21F3O4. The molecule has 1 atom stereocenters. The Morgan fingerprint density at radius 2 is 1.54 bits per heavy atom. The summed E-state index contributed by atoms with van der Waals surface area (Å²) < 4.78 is 51.1. The van der Waals surface area contributed by atoms with E-state index in [1.54, 1.807) is 0 Å². The van der Waals surface area contributed by atoms with E-state index in [2.05, 4.69) is 0 Å². The summed E-state index contributed by atoms with van der Waals surface area (Å²) in [5.41, 5.74) is -0.781. The van der Waals surface area contributed by atoms with Crippen molar-refractivity contribution in [1.29, 1.82) is 0 Å². The van der Waals surface area contributed by atoms with Crippen molar-refractivity contribution in [3.63, 3.8) is 0 Å². The minimum Gasteiger partial charge on any atom is -0.454 e. The van der Waals surface area contributed by atoms with Crippen molar-refractivity contribution in [3.05, 3.63) is 23.8 Å². The van der Waals surface area contributed by atoms with Gasteiger partial charge < -0.3 is 9.47 Å². The largest absolute Gasteiger partial charge is 0.454 e. The second kappa shape index (κ2) is 5.97. The van der Waals surface area contributed by atoms with Gasteiger partial charge in [-0.3, -0.25) is 9.59 Å². The topological polar surface area (TPSA) is 52.6 Å². The maximum Gasteiger partial charge on any atom is 0.450 e. The van der Waals surface area contributed by atoms with Crippen LogP contribution in [0.3, 0.4) is 0 Å². The maximum absolute atomic E-state index is 13.5. The van der Waals surface area contributed by atoms with Crippen molar-refractivity contribution < 1.29 is 32.2 Å². The Balaban J connectivity index is 1.56. The molecule has 1 heterocycles. The molecule has 28 heavy (non-hydrogen) atoms. The van der Waals surface area contributed by atoms with Crippen LogP contribution >= 0.6 is 0 Å². The summed E-state index contributed by atoms with van der Waals surface area (Å²) in [6.07, 6.45) is -0.343. The Bertz CT molecular complexity index is 809. The zero-order valence-electron chi connectivity index (χ0n) is 15.3. The van der Waals surface area contributed by atoms with E-state index in [0.29, 0.717) is 48.5 Å². The number of hydrogen-bond donors (Lipinski definition) is 0. The van der Waals surface area contributed by atoms with Crippen LogP contribution in [0.25, 0.3) is 0 Å². The molecule has 1 unspecified atom stereocenters. The number of carbonyl (C=O) groups is 2. The number of hydrogen-bond acceptors (Lipinski definition) is 4. The zero-order valence-corrected chi connectivity index (χ0v) is 15.3. The van der Waals surface area contributed by atoms with E-state index in [0.717, 1.165) is 19.3 Å². The monoisotopic (exact) mass is 394 g/mol. The molecule has 0 amide bonds. The lowest BCUT2D eigenvalue weighted by Crippen LogP contribution is -2.55. The number of Topliss-reactive ketones (excluding diaryl/α,β-unsaturated/α-hetero) is 2. The van der Waals surface area contributed by atoms with Crippen LogP contribution in [0.15, 0.2) is 18.2 Å². The van der Waals surface area contributed by atoms with E-state index in [9.17, 15) is 22.8 Å². The minimum atomic E-state index is -5.03. The van der Waals surface area contributed by atoms with Gasteiger partial charge in [0, 0.05) is 5.56 Å². The molecule has 0 radical (unpaired) electrons. The summed E-state index contributed by atoms with van der Waals surface area (Å²) in [4.78, 5) is 25.9. The van der Waals surface area contributed by atoms with Gasteiger partial charge in [0.2, 0.25) is 12.6 Å². The second-order valence-corrected chi connectivity index (χ2v) is 9.01. The van der Waals surface area contributed by atoms with Crippen LogP contribution in [-0.4, -0.2) is 24.5 Å². The predicted molar refractivity (Wildman–Crippen MR) is 92.1 cm³/mol. The van der Waals surface area contributed by atoms with Crippen LogP contribution in [0.5, 0.6) is 11.5 Å². The van der Waals surface area contributed by atoms with Gasteiger partial charge in [0.15, 0.2) is 17.3 Å². The fourth-order valence-electron chi connectivity index (χ4n) is 6.59. The average Bonchev–Trinajstić information content (AvgIpc) is 3.07. The summed E-state index contributed by atoms with van der Waals surface area (Å²) in [7, 11) is 0. The van der Waals surface area contributed by atoms with Gasteiger partial charge in [0.05, 0.1) is 5.92 Å². The summed E-state index contributed by atoms with van der Waals surface area (Å²) in [5.74, 6) is -2.52. The Kier molecular flexibility index (Phi) is 3.84. The molecule has 0 saturated heterocycles. The molecule has 7 heteroatoms. The van der Waals surface area contributed by atoms with Crippen molar-refractivity contribution in [1.82, 2.24) is 0 Å². The van der Waals surface area contributed by atoms with Crippen LogP contribution < -0.4 is 9.47 Å². The number of ether oxygens (including phenoxy) is 2. The Morgan fingerprint density at radius 3 is 2.11 bits per heavy atom. The Morgan fingerprint density at radius 1 is 0.964 bits per heavy atom. The van der Waals surface area contributed by atoms with Gasteiger partial charge in [-0.15, -0.1) is 0 Å². The third-order valence-electron chi connectivity index (χ3n) is 7.16. The Labute approximate surface area is 160 Å². The van der Waals surface area contributed by atoms with E-state index in [1.165, 1.54) is 18.2 Å². The molecule has 4 fully saturated rings. The standard InChI is InChI=1S/C21H21F3O4/c22-21(23,24)19(26)17(18(25)14-1-2-15-16(6-14)28-10-27-15)20-7-11-3-12(8-20)5-13(4-11)9-20/h1-2,6,11-13,17H,3-5,7-10H2. The van der Waals surface area contributed by atoms with Gasteiger partial charge in [-0.2, -0.15) is 13.2 Å². The fourth-order valence-corrected chi connectivity index (χ4v) is 6.59. The van der Waals surface area contributed by atoms with Gasteiger partial charge >= 0.3 is 6.18 Å². The van der Waals surface area contributed by atoms with E-state index < -0.39 is 29.1 Å². The molecule has 4 aliphatic carbocycles. The number of alkyl halides is 3. The third kappa shape index (κ3) is 2.73. The van der Waals surface area contributed by atoms with E-state index in [4.69, 9.17) is 9.47 Å². The molecular weight excluding hydrogens is 373 g/mol. The number of carbonyl (C=O) groups excluding carboxylic acids is 2. The van der Waals surface area contributed by atoms with Crippen molar-refractivity contribution >= 4 is 11.6 Å². The normalized spacial score (nSPS) is 33.8. The summed E-state index contributed by atoms with van der Waals surface area (Å²) >= 11 is 0. The van der Waals surface area contributed by atoms with Gasteiger partial charge in [-0.05, 0) is 79.9 Å². The molecule has 0 aromatic heterocycles. The lowest BCUT2D eigenvalue weighted by Gasteiger charge is -2.58. The summed E-state index contributed by atoms with van der Waals surface area (Å²) in [5, 5.41) is 0. The molecule has 1 aromatic carbocycles. The van der Waals surface area contributed by atoms with Crippen LogP contribution in [0, 0.1) is 29.1 Å². The lowest BCUT2D eigenvalue weighted by molar-refractivity contribution is -0.183. The van der Waals surface area contributed by atoms with Crippen LogP contribution in [0.2, 0.25) is 0 Å². The molecule has 6 rings (SSSR count). The quantitative estimate of drug-likeness (QED) is 0.555. The Hall–Kier alpha value is -2.05. The molecule has 0 N–H and O–H groups in total. The smallest absolute Gasteiger partial charge is 0.450 e. The molecule has 4 saturated carbocycles. The number of fused-ring (bicyclic) bond motifs is 1. The van der Waals surface area contributed by atoms with Gasteiger partial charge in [0.25, 0.3) is 0 Å². The molecule has 1 aromatic rings. The van der Waals surface area contributed by atoms with Gasteiger partial charge in [-0.25, -0.2) is 0 Å². The first-order chi connectivity index (χ1) is 13.2. The maximum atomic E-state index is 13.5. The molecule has 4 bridgehead atoms. The number of ketones is 2. The number of halogens is 3. The first-order valence-corrected chi connectivity index (χ1v) is 9.80. The highest BCUT2D eigenvalue weighted by molar-refractivity contribution is 6.13. The zero-order chi connectivity index (χ0) is 19.7. The summed E-state index contributed by atoms with van der Waals surface area (Å²) in [6, 6.07) is 4.36. The number of benzene rings is 1. The first kappa shape index (κ1) is 18.0. The van der Waals surface area contributed by atoms with E-state index in [1.807, 2.05) is 0 Å². The van der Waals surface area contributed by atoms with Crippen molar-refractivity contribution in [2.45, 2.75) is 44.7 Å². The van der Waals surface area contributed by atoms with E-state index in [-0.39, 0.29) is 12.4 Å². The molecule has 4 nitrogen and oxygen atoms in total. The van der Waals surface area contributed by atoms with Crippen molar-refractivity contribution in [2.24, 2.45) is 29.1 Å². The lowest BCUT2D eigenvalue weighted by atomic mass is 9.45. The summed E-state index contributed by atoms with van der Waals surface area (Å²) in [6.45, 7) is 0.00681. The highest BCUT2D eigenvalue weighted by Gasteiger charge is 2.61. The van der Waals surface area contributed by atoms with Crippen LogP contribution in [0.1, 0.15) is 48.9 Å². The van der Waals surface area contributed by atoms with Gasteiger partial charge in [-0.1, -0.05) is 0 Å². The van der Waals surface area contributed by atoms with Crippen LogP contribution in [0.4, 0.5) is 13.2 Å². The highest BCUT2D eigenvalue weighted by Crippen LogP contribution is 2.63. The molecule has 150 valence electrons. The molecule has 1 aliphatic heterocycles. The first-order valence-electron chi connectivity index (χ1n) is 9.80. The molecule has 0 spiro atoms. The average molecular weight is 394 g/mol. The number of rotatable bonds is 4. The van der Waals surface area contributed by atoms with Crippen LogP contribution in [-0.2, 0) is 4.79 Å². The second-order valence-electron chi connectivity index (χ2n) is 9.01. The minimum absolute atomic E-state index is 0.00681. The van der Waals surface area contributed by atoms with Crippen molar-refractivity contribution in [3.8, 4) is 11.5 Å². The SMILES string of the molecule is O=C(c1ccc2c(c1)OCO2)C(C(=O)C(F)(F)F)C12CC3CC(CC(C3)C1)C2.